The van der Waals surface area contributed by atoms with Crippen molar-refractivity contribution in [3.8, 4) is 22.3 Å². The van der Waals surface area contributed by atoms with E-state index in [9.17, 15) is 9.18 Å². The summed E-state index contributed by atoms with van der Waals surface area (Å²) in [7, 11) is 0. The second kappa shape index (κ2) is 7.65. The van der Waals surface area contributed by atoms with E-state index in [0.717, 1.165) is 16.0 Å². The standard InChI is InChI=1S/C24H16FN3OS/c25-18-10-6-17(7-11-18)22-14-26-23-21(15-27-28(23)24(22)29)16-8-12-20(13-9-16)30-19-4-2-1-3-5-19/h1-15,27H. The molecule has 2 aromatic heterocycles. The molecule has 30 heavy (non-hydrogen) atoms. The van der Waals surface area contributed by atoms with Gasteiger partial charge in [-0.3, -0.25) is 9.89 Å². The molecule has 5 aromatic rings. The summed E-state index contributed by atoms with van der Waals surface area (Å²) in [6.45, 7) is 0. The Morgan fingerprint density at radius 2 is 1.43 bits per heavy atom. The van der Waals surface area contributed by atoms with Gasteiger partial charge in [0.2, 0.25) is 0 Å². The van der Waals surface area contributed by atoms with Crippen LogP contribution in [0.3, 0.4) is 0 Å². The number of benzene rings is 3. The van der Waals surface area contributed by atoms with E-state index in [0.29, 0.717) is 16.8 Å². The van der Waals surface area contributed by atoms with Crippen molar-refractivity contribution < 1.29 is 4.39 Å². The Morgan fingerprint density at radius 1 is 0.800 bits per heavy atom. The Balaban J connectivity index is 1.49. The van der Waals surface area contributed by atoms with E-state index in [1.165, 1.54) is 21.5 Å². The molecular weight excluding hydrogens is 397 g/mol. The van der Waals surface area contributed by atoms with E-state index in [4.69, 9.17) is 0 Å². The maximum atomic E-state index is 13.2. The molecule has 0 aliphatic carbocycles. The van der Waals surface area contributed by atoms with E-state index >= 15 is 0 Å². The Labute approximate surface area is 176 Å². The second-order valence-corrected chi connectivity index (χ2v) is 7.92. The fraction of sp³-hybridized carbons (Fsp3) is 0. The van der Waals surface area contributed by atoms with Crippen LogP contribution in [0.2, 0.25) is 0 Å². The Hall–Kier alpha value is -3.64. The van der Waals surface area contributed by atoms with Gasteiger partial charge in [0, 0.05) is 27.7 Å². The highest BCUT2D eigenvalue weighted by Crippen LogP contribution is 2.30. The zero-order valence-corrected chi connectivity index (χ0v) is 16.6. The highest BCUT2D eigenvalue weighted by atomic mass is 32.2. The molecule has 0 saturated carbocycles. The summed E-state index contributed by atoms with van der Waals surface area (Å²) in [5.41, 5.74) is 3.17. The van der Waals surface area contributed by atoms with E-state index in [-0.39, 0.29) is 11.4 Å². The van der Waals surface area contributed by atoms with Crippen molar-refractivity contribution in [2.45, 2.75) is 9.79 Å². The molecule has 2 heterocycles. The molecule has 0 aliphatic rings. The number of nitrogens with one attached hydrogen (secondary N) is 1. The molecule has 0 aliphatic heterocycles. The largest absolute Gasteiger partial charge is 0.296 e. The lowest BCUT2D eigenvalue weighted by atomic mass is 10.1. The van der Waals surface area contributed by atoms with Crippen LogP contribution in [0.1, 0.15) is 0 Å². The normalized spacial score (nSPS) is 11.1. The fourth-order valence-corrected chi connectivity index (χ4v) is 4.16. The maximum Gasteiger partial charge on any atom is 0.280 e. The third-order valence-corrected chi connectivity index (χ3v) is 5.86. The van der Waals surface area contributed by atoms with Crippen LogP contribution >= 0.6 is 11.8 Å². The van der Waals surface area contributed by atoms with Crippen LogP contribution in [0.25, 0.3) is 27.9 Å². The topological polar surface area (TPSA) is 50.2 Å². The first-order valence-electron chi connectivity index (χ1n) is 9.37. The predicted octanol–water partition coefficient (Wildman–Crippen LogP) is 5.65. The van der Waals surface area contributed by atoms with E-state index < -0.39 is 0 Å². The number of rotatable bonds is 4. The minimum Gasteiger partial charge on any atom is -0.296 e. The summed E-state index contributed by atoms with van der Waals surface area (Å²) in [6, 6.07) is 24.2. The summed E-state index contributed by atoms with van der Waals surface area (Å²) in [4.78, 5) is 19.7. The van der Waals surface area contributed by atoms with Crippen molar-refractivity contribution in [2.24, 2.45) is 0 Å². The first-order valence-corrected chi connectivity index (χ1v) is 10.2. The third-order valence-electron chi connectivity index (χ3n) is 4.84. The first kappa shape index (κ1) is 18.4. The lowest BCUT2D eigenvalue weighted by Crippen LogP contribution is -2.16. The number of fused-ring (bicyclic) bond motifs is 1. The quantitative estimate of drug-likeness (QED) is 0.414. The number of H-pyrrole nitrogens is 1. The summed E-state index contributed by atoms with van der Waals surface area (Å²) in [6.07, 6.45) is 3.32. The highest BCUT2D eigenvalue weighted by molar-refractivity contribution is 7.99. The van der Waals surface area contributed by atoms with Gasteiger partial charge in [0.25, 0.3) is 5.56 Å². The van der Waals surface area contributed by atoms with Crippen LogP contribution in [0.5, 0.6) is 0 Å². The number of halogens is 1. The number of hydrogen-bond acceptors (Lipinski definition) is 3. The highest BCUT2D eigenvalue weighted by Gasteiger charge is 2.13. The molecular formula is C24H16FN3OS. The Morgan fingerprint density at radius 3 is 2.17 bits per heavy atom. The Kier molecular flexibility index (Phi) is 4.69. The fourth-order valence-electron chi connectivity index (χ4n) is 3.33. The van der Waals surface area contributed by atoms with Crippen molar-refractivity contribution in [3.05, 3.63) is 107 Å². The van der Waals surface area contributed by atoms with Gasteiger partial charge in [0.15, 0.2) is 5.65 Å². The molecule has 0 bridgehead atoms. The van der Waals surface area contributed by atoms with Crippen molar-refractivity contribution in [1.82, 2.24) is 14.6 Å². The number of aromatic amines is 1. The maximum absolute atomic E-state index is 13.2. The van der Waals surface area contributed by atoms with Crippen LogP contribution in [-0.2, 0) is 0 Å². The number of aromatic nitrogens is 3. The van der Waals surface area contributed by atoms with Gasteiger partial charge in [0.05, 0.1) is 5.56 Å². The molecule has 0 unspecified atom stereocenters. The molecule has 0 spiro atoms. The molecule has 1 N–H and O–H groups in total. The lowest BCUT2D eigenvalue weighted by Gasteiger charge is -2.04. The van der Waals surface area contributed by atoms with Gasteiger partial charge in [-0.25, -0.2) is 13.9 Å². The van der Waals surface area contributed by atoms with Gasteiger partial charge in [-0.2, -0.15) is 0 Å². The van der Waals surface area contributed by atoms with E-state index in [1.54, 1.807) is 36.3 Å². The molecule has 5 rings (SSSR count). The van der Waals surface area contributed by atoms with Crippen LogP contribution in [0, 0.1) is 5.82 Å². The average molecular weight is 413 g/mol. The van der Waals surface area contributed by atoms with Gasteiger partial charge in [-0.15, -0.1) is 0 Å². The van der Waals surface area contributed by atoms with Crippen molar-refractivity contribution in [1.29, 1.82) is 0 Å². The Bertz CT molecular complexity index is 1370. The first-order chi connectivity index (χ1) is 14.7. The predicted molar refractivity (Wildman–Crippen MR) is 117 cm³/mol. The van der Waals surface area contributed by atoms with Gasteiger partial charge in [-0.05, 0) is 47.5 Å². The van der Waals surface area contributed by atoms with Crippen LogP contribution in [-0.4, -0.2) is 14.6 Å². The zero-order chi connectivity index (χ0) is 20.5. The van der Waals surface area contributed by atoms with Crippen LogP contribution in [0.15, 0.2) is 106 Å². The van der Waals surface area contributed by atoms with Gasteiger partial charge >= 0.3 is 0 Å². The average Bonchev–Trinajstić information content (AvgIpc) is 3.21. The molecule has 0 amide bonds. The molecule has 146 valence electrons. The van der Waals surface area contributed by atoms with Crippen molar-refractivity contribution in [2.75, 3.05) is 0 Å². The van der Waals surface area contributed by atoms with Gasteiger partial charge in [0.1, 0.15) is 5.82 Å². The lowest BCUT2D eigenvalue weighted by molar-refractivity contribution is 0.628. The smallest absolute Gasteiger partial charge is 0.280 e. The third kappa shape index (κ3) is 3.42. The summed E-state index contributed by atoms with van der Waals surface area (Å²) in [5.74, 6) is -0.344. The molecule has 0 saturated heterocycles. The van der Waals surface area contributed by atoms with Crippen molar-refractivity contribution >= 4 is 17.4 Å². The minimum atomic E-state index is -0.344. The summed E-state index contributed by atoms with van der Waals surface area (Å²) >= 11 is 1.69. The zero-order valence-electron chi connectivity index (χ0n) is 15.7. The number of hydrogen-bond donors (Lipinski definition) is 1. The number of nitrogens with zero attached hydrogens (tertiary/aromatic N) is 2. The molecule has 0 radical (unpaired) electrons. The summed E-state index contributed by atoms with van der Waals surface area (Å²) < 4.78 is 14.6. The van der Waals surface area contributed by atoms with Crippen molar-refractivity contribution in [3.63, 3.8) is 0 Å². The van der Waals surface area contributed by atoms with E-state index in [1.807, 2.05) is 30.3 Å². The molecule has 3 aromatic carbocycles. The van der Waals surface area contributed by atoms with Crippen LogP contribution < -0.4 is 5.56 Å². The molecule has 0 atom stereocenters. The summed E-state index contributed by atoms with van der Waals surface area (Å²) in [5, 5.41) is 2.99. The van der Waals surface area contributed by atoms with Gasteiger partial charge in [-0.1, -0.05) is 54.2 Å². The van der Waals surface area contributed by atoms with E-state index in [2.05, 4.69) is 34.3 Å². The second-order valence-electron chi connectivity index (χ2n) is 6.77. The molecule has 6 heteroatoms. The van der Waals surface area contributed by atoms with Gasteiger partial charge < -0.3 is 0 Å². The molecule has 0 fully saturated rings. The minimum absolute atomic E-state index is 0.228. The SMILES string of the molecule is O=c1c(-c2ccc(F)cc2)cnc2c(-c3ccc(Sc4ccccc4)cc3)c[nH]n12. The monoisotopic (exact) mass is 413 g/mol. The van der Waals surface area contributed by atoms with Crippen LogP contribution in [0.4, 0.5) is 4.39 Å². The molecule has 4 nitrogen and oxygen atoms in total.